The van der Waals surface area contributed by atoms with Gasteiger partial charge in [0.25, 0.3) is 0 Å². The SMILES string of the molecule is O=C(O)C1CCC(C(=O)N2CCC(c3ccc(Br)c(F)c3)(S(=O)(=O)c3ccc(F)cc3)C2)CC1. The van der Waals surface area contributed by atoms with E-state index in [1.54, 1.807) is 0 Å². The van der Waals surface area contributed by atoms with Crippen LogP contribution >= 0.6 is 15.9 Å². The summed E-state index contributed by atoms with van der Waals surface area (Å²) in [5.74, 6) is -3.12. The molecule has 1 saturated heterocycles. The fraction of sp³-hybridized carbons (Fsp3) is 0.417. The molecule has 1 N–H and O–H groups in total. The molecule has 0 spiro atoms. The number of sulfone groups is 1. The standard InChI is InChI=1S/C24H24BrF2NO5S/c25-20-10-5-17(13-21(20)27)24(34(32,33)19-8-6-18(26)7-9-19)11-12-28(14-24)22(29)15-1-3-16(4-2-15)23(30)31/h5-10,13,15-16H,1-4,11-12,14H2,(H,30,31). The first-order chi connectivity index (χ1) is 16.0. The molecule has 2 aliphatic rings. The zero-order valence-corrected chi connectivity index (χ0v) is 20.6. The Bertz CT molecular complexity index is 1210. The molecule has 34 heavy (non-hydrogen) atoms. The first-order valence-corrected chi connectivity index (χ1v) is 13.3. The Morgan fingerprint density at radius 2 is 1.62 bits per heavy atom. The normalized spacial score (nSPS) is 25.3. The molecule has 2 aromatic rings. The Morgan fingerprint density at radius 1 is 1.00 bits per heavy atom. The highest BCUT2D eigenvalue weighted by Gasteiger charge is 2.53. The summed E-state index contributed by atoms with van der Waals surface area (Å²) in [7, 11) is -4.14. The van der Waals surface area contributed by atoms with Crippen molar-refractivity contribution >= 4 is 37.6 Å². The lowest BCUT2D eigenvalue weighted by molar-refractivity contribution is -0.145. The van der Waals surface area contributed by atoms with Gasteiger partial charge < -0.3 is 10.0 Å². The van der Waals surface area contributed by atoms with E-state index in [4.69, 9.17) is 0 Å². The second kappa shape index (κ2) is 9.37. The van der Waals surface area contributed by atoms with Gasteiger partial charge in [0, 0.05) is 19.0 Å². The van der Waals surface area contributed by atoms with Crippen molar-refractivity contribution < 1.29 is 31.9 Å². The molecule has 2 aromatic carbocycles. The Kier molecular flexibility index (Phi) is 6.83. The summed E-state index contributed by atoms with van der Waals surface area (Å²) >= 11 is 3.09. The van der Waals surface area contributed by atoms with Crippen LogP contribution in [0.4, 0.5) is 8.78 Å². The number of aliphatic carboxylic acids is 1. The maximum absolute atomic E-state index is 14.5. The van der Waals surface area contributed by atoms with Gasteiger partial charge in [0.15, 0.2) is 9.84 Å². The molecule has 182 valence electrons. The van der Waals surface area contributed by atoms with Crippen LogP contribution in [0.25, 0.3) is 0 Å². The topological polar surface area (TPSA) is 91.8 Å². The lowest BCUT2D eigenvalue weighted by atomic mass is 9.81. The first-order valence-electron chi connectivity index (χ1n) is 11.0. The molecule has 1 atom stereocenters. The van der Waals surface area contributed by atoms with Gasteiger partial charge in [-0.2, -0.15) is 0 Å². The second-order valence-corrected chi connectivity index (χ2v) is 12.1. The number of carboxylic acids is 1. The average molecular weight is 556 g/mol. The Balaban J connectivity index is 1.68. The summed E-state index contributed by atoms with van der Waals surface area (Å²) < 4.78 is 54.3. The number of carbonyl (C=O) groups excluding carboxylic acids is 1. The van der Waals surface area contributed by atoms with Crippen LogP contribution in [0.15, 0.2) is 51.8 Å². The third-order valence-electron chi connectivity index (χ3n) is 7.05. The number of rotatable bonds is 5. The van der Waals surface area contributed by atoms with Gasteiger partial charge in [-0.25, -0.2) is 17.2 Å². The van der Waals surface area contributed by atoms with Crippen molar-refractivity contribution in [1.82, 2.24) is 4.90 Å². The minimum absolute atomic E-state index is 0.0595. The first kappa shape index (κ1) is 24.8. The molecular weight excluding hydrogens is 532 g/mol. The van der Waals surface area contributed by atoms with Gasteiger partial charge in [-0.05, 0) is 90.0 Å². The van der Waals surface area contributed by atoms with Gasteiger partial charge in [-0.15, -0.1) is 0 Å². The van der Waals surface area contributed by atoms with Gasteiger partial charge >= 0.3 is 5.97 Å². The Labute approximate surface area is 205 Å². The zero-order valence-electron chi connectivity index (χ0n) is 18.2. The molecule has 4 rings (SSSR count). The average Bonchev–Trinajstić information content (AvgIpc) is 3.28. The third kappa shape index (κ3) is 4.37. The number of carboxylic acid groups (broad SMARTS) is 1. The lowest BCUT2D eigenvalue weighted by Crippen LogP contribution is -2.42. The lowest BCUT2D eigenvalue weighted by Gasteiger charge is -2.32. The van der Waals surface area contributed by atoms with Gasteiger partial charge in [0.2, 0.25) is 5.91 Å². The van der Waals surface area contributed by atoms with Crippen molar-refractivity contribution in [3.05, 3.63) is 64.1 Å². The largest absolute Gasteiger partial charge is 0.481 e. The molecule has 1 aliphatic carbocycles. The molecule has 6 nitrogen and oxygen atoms in total. The third-order valence-corrected chi connectivity index (χ3v) is 10.2. The summed E-state index contributed by atoms with van der Waals surface area (Å²) in [6, 6.07) is 8.60. The zero-order chi connectivity index (χ0) is 24.7. The monoisotopic (exact) mass is 555 g/mol. The molecule has 0 radical (unpaired) electrons. The van der Waals surface area contributed by atoms with Crippen molar-refractivity contribution in [2.75, 3.05) is 13.1 Å². The highest BCUT2D eigenvalue weighted by molar-refractivity contribution is 9.10. The quantitative estimate of drug-likeness (QED) is 0.547. The van der Waals surface area contributed by atoms with E-state index >= 15 is 0 Å². The number of benzene rings is 2. The number of hydrogen-bond acceptors (Lipinski definition) is 4. The highest BCUT2D eigenvalue weighted by atomic mass is 79.9. The van der Waals surface area contributed by atoms with Gasteiger partial charge in [-0.1, -0.05) is 6.07 Å². The Morgan fingerprint density at radius 3 is 2.21 bits per heavy atom. The molecule has 0 bridgehead atoms. The van der Waals surface area contributed by atoms with Crippen molar-refractivity contribution in [3.8, 4) is 0 Å². The van der Waals surface area contributed by atoms with E-state index in [1.807, 2.05) is 0 Å². The molecule has 1 saturated carbocycles. The van der Waals surface area contributed by atoms with E-state index < -0.39 is 38.1 Å². The highest BCUT2D eigenvalue weighted by Crippen LogP contribution is 2.45. The summed E-state index contributed by atoms with van der Waals surface area (Å²) in [6.07, 6.45) is 1.71. The smallest absolute Gasteiger partial charge is 0.306 e. The fourth-order valence-corrected chi connectivity index (χ4v) is 7.36. The van der Waals surface area contributed by atoms with Gasteiger partial charge in [0.05, 0.1) is 15.3 Å². The predicted molar refractivity (Wildman–Crippen MR) is 124 cm³/mol. The number of nitrogens with zero attached hydrogens (tertiary/aromatic N) is 1. The number of likely N-dealkylation sites (tertiary alicyclic amines) is 1. The van der Waals surface area contributed by atoms with Gasteiger partial charge in [-0.3, -0.25) is 9.59 Å². The van der Waals surface area contributed by atoms with Crippen LogP contribution < -0.4 is 0 Å². The maximum Gasteiger partial charge on any atom is 0.306 e. The van der Waals surface area contributed by atoms with Gasteiger partial charge in [0.1, 0.15) is 16.4 Å². The van der Waals surface area contributed by atoms with E-state index in [0.717, 1.165) is 18.2 Å². The van der Waals surface area contributed by atoms with Crippen molar-refractivity contribution in [2.24, 2.45) is 11.8 Å². The molecule has 10 heteroatoms. The predicted octanol–water partition coefficient (Wildman–Crippen LogP) is 4.52. The van der Waals surface area contributed by atoms with Crippen LogP contribution in [0.3, 0.4) is 0 Å². The van der Waals surface area contributed by atoms with Crippen LogP contribution in [-0.4, -0.2) is 43.4 Å². The molecule has 1 heterocycles. The summed E-state index contributed by atoms with van der Waals surface area (Å²) in [6.45, 7) is 0.00126. The molecular formula is C24H24BrF2NO5S. The Hall–Kier alpha value is -2.33. The van der Waals surface area contributed by atoms with E-state index in [0.29, 0.717) is 25.7 Å². The molecule has 1 aliphatic heterocycles. The van der Waals surface area contributed by atoms with E-state index in [1.165, 1.54) is 29.2 Å². The molecule has 0 aromatic heterocycles. The second-order valence-electron chi connectivity index (χ2n) is 8.98. The molecule has 1 unspecified atom stereocenters. The summed E-state index contributed by atoms with van der Waals surface area (Å²) in [5.41, 5.74) is 0.224. The number of halogens is 3. The van der Waals surface area contributed by atoms with Crippen molar-refractivity contribution in [2.45, 2.75) is 41.7 Å². The molecule has 1 amide bonds. The maximum atomic E-state index is 14.5. The van der Waals surface area contributed by atoms with Crippen LogP contribution in [-0.2, 0) is 24.2 Å². The van der Waals surface area contributed by atoms with Crippen LogP contribution in [0, 0.1) is 23.5 Å². The van der Waals surface area contributed by atoms with E-state index in [9.17, 15) is 31.9 Å². The summed E-state index contributed by atoms with van der Waals surface area (Å²) in [4.78, 5) is 25.9. The van der Waals surface area contributed by atoms with Crippen molar-refractivity contribution in [3.63, 3.8) is 0 Å². The number of carbonyl (C=O) groups is 2. The fourth-order valence-electron chi connectivity index (χ4n) is 5.04. The number of hydrogen-bond donors (Lipinski definition) is 1. The van der Waals surface area contributed by atoms with E-state index in [-0.39, 0.29) is 46.3 Å². The summed E-state index contributed by atoms with van der Waals surface area (Å²) in [5, 5.41) is 9.21. The van der Waals surface area contributed by atoms with Crippen LogP contribution in [0.5, 0.6) is 0 Å². The van der Waals surface area contributed by atoms with Crippen LogP contribution in [0.1, 0.15) is 37.7 Å². The van der Waals surface area contributed by atoms with Crippen molar-refractivity contribution in [1.29, 1.82) is 0 Å². The molecule has 2 fully saturated rings. The minimum Gasteiger partial charge on any atom is -0.481 e. The van der Waals surface area contributed by atoms with Crippen LogP contribution in [0.2, 0.25) is 0 Å². The minimum atomic E-state index is -4.14. The number of amides is 1. The van der Waals surface area contributed by atoms with E-state index in [2.05, 4.69) is 15.9 Å².